The summed E-state index contributed by atoms with van der Waals surface area (Å²) in [5.41, 5.74) is 0.821. The van der Waals surface area contributed by atoms with Gasteiger partial charge in [0.05, 0.1) is 11.9 Å². The van der Waals surface area contributed by atoms with Crippen molar-refractivity contribution < 1.29 is 8.42 Å². The Hall–Kier alpha value is -0.920. The van der Waals surface area contributed by atoms with Crippen LogP contribution < -0.4 is 10.0 Å². The Morgan fingerprint density at radius 2 is 2.33 bits per heavy atom. The van der Waals surface area contributed by atoms with Crippen molar-refractivity contribution >= 4 is 10.0 Å². The fourth-order valence-corrected chi connectivity index (χ4v) is 1.97. The van der Waals surface area contributed by atoms with E-state index in [1.165, 1.54) is 0 Å². The van der Waals surface area contributed by atoms with Crippen molar-refractivity contribution in [2.24, 2.45) is 0 Å². The quantitative estimate of drug-likeness (QED) is 0.550. The Kier molecular flexibility index (Phi) is 4.73. The first-order chi connectivity index (χ1) is 7.14. The fourth-order valence-electron chi connectivity index (χ4n) is 1.02. The molecule has 0 fully saturated rings. The highest BCUT2D eigenvalue weighted by atomic mass is 32.2. The molecule has 1 aromatic rings. The van der Waals surface area contributed by atoms with Gasteiger partial charge in [0, 0.05) is 24.8 Å². The molecule has 1 rings (SSSR count). The van der Waals surface area contributed by atoms with Crippen molar-refractivity contribution in [1.29, 1.82) is 0 Å². The largest absolute Gasteiger partial charge is 0.316 e. The molecule has 0 saturated heterocycles. The van der Waals surface area contributed by atoms with Gasteiger partial charge in [0.2, 0.25) is 10.0 Å². The van der Waals surface area contributed by atoms with E-state index in [1.807, 2.05) is 6.92 Å². The van der Waals surface area contributed by atoms with Gasteiger partial charge in [0.25, 0.3) is 0 Å². The average molecular weight is 232 g/mol. The van der Waals surface area contributed by atoms with Gasteiger partial charge < -0.3 is 5.32 Å². The molecule has 0 aliphatic rings. The first-order valence-corrected chi connectivity index (χ1v) is 6.45. The van der Waals surface area contributed by atoms with E-state index in [0.717, 1.165) is 12.1 Å². The second-order valence-corrected chi connectivity index (χ2v) is 5.03. The molecule has 86 valence electrons. The summed E-state index contributed by atoms with van der Waals surface area (Å²) in [5.74, 6) is 0.0959. The van der Waals surface area contributed by atoms with Gasteiger partial charge in [-0.05, 0) is 6.54 Å². The Bertz CT molecular complexity index is 360. The molecule has 0 amide bonds. The summed E-state index contributed by atoms with van der Waals surface area (Å²) in [4.78, 5) is 0. The van der Waals surface area contributed by atoms with Gasteiger partial charge in [-0.2, -0.15) is 5.10 Å². The maximum Gasteiger partial charge on any atom is 0.213 e. The highest BCUT2D eigenvalue weighted by molar-refractivity contribution is 7.89. The molecule has 7 heteroatoms. The first-order valence-electron chi connectivity index (χ1n) is 4.80. The molecule has 3 N–H and O–H groups in total. The molecular formula is C8H16N4O2S. The predicted octanol–water partition coefficient (Wildman–Crippen LogP) is -0.561. The summed E-state index contributed by atoms with van der Waals surface area (Å²) >= 11 is 0. The van der Waals surface area contributed by atoms with E-state index in [1.54, 1.807) is 12.4 Å². The zero-order valence-electron chi connectivity index (χ0n) is 8.66. The number of hydrogen-bond donors (Lipinski definition) is 3. The maximum atomic E-state index is 11.4. The van der Waals surface area contributed by atoms with E-state index in [2.05, 4.69) is 20.2 Å². The van der Waals surface area contributed by atoms with Crippen LogP contribution in [0.3, 0.4) is 0 Å². The predicted molar refractivity (Wildman–Crippen MR) is 57.8 cm³/mol. The highest BCUT2D eigenvalue weighted by Crippen LogP contribution is 1.94. The zero-order valence-corrected chi connectivity index (χ0v) is 9.47. The molecule has 15 heavy (non-hydrogen) atoms. The normalized spacial score (nSPS) is 11.8. The van der Waals surface area contributed by atoms with E-state index < -0.39 is 10.0 Å². The summed E-state index contributed by atoms with van der Waals surface area (Å²) in [6, 6.07) is 0. The lowest BCUT2D eigenvalue weighted by molar-refractivity contribution is 0.577. The molecule has 1 aromatic heterocycles. The van der Waals surface area contributed by atoms with Crippen LogP contribution in [0.5, 0.6) is 0 Å². The van der Waals surface area contributed by atoms with Crippen LogP contribution in [0.15, 0.2) is 12.4 Å². The minimum absolute atomic E-state index is 0.0959. The van der Waals surface area contributed by atoms with Gasteiger partial charge in [0.15, 0.2) is 0 Å². The average Bonchev–Trinajstić information content (AvgIpc) is 2.68. The van der Waals surface area contributed by atoms with E-state index in [-0.39, 0.29) is 12.3 Å². The van der Waals surface area contributed by atoms with Crippen LogP contribution >= 0.6 is 0 Å². The Balaban J connectivity index is 2.30. The van der Waals surface area contributed by atoms with Crippen LogP contribution in [-0.2, 0) is 16.6 Å². The van der Waals surface area contributed by atoms with Crippen LogP contribution in [0, 0.1) is 0 Å². The van der Waals surface area contributed by atoms with Crippen LogP contribution in [-0.4, -0.2) is 37.5 Å². The summed E-state index contributed by atoms with van der Waals surface area (Å²) in [6.07, 6.45) is 3.25. The molecule has 1 heterocycles. The molecule has 0 bridgehead atoms. The summed E-state index contributed by atoms with van der Waals surface area (Å²) in [6.45, 7) is 3.46. The van der Waals surface area contributed by atoms with Crippen molar-refractivity contribution in [2.75, 3.05) is 18.8 Å². The molecule has 0 saturated carbocycles. The molecule has 0 spiro atoms. The second kappa shape index (κ2) is 5.84. The molecule has 6 nitrogen and oxygen atoms in total. The maximum absolute atomic E-state index is 11.4. The van der Waals surface area contributed by atoms with Crippen LogP contribution in [0.4, 0.5) is 0 Å². The van der Waals surface area contributed by atoms with Crippen molar-refractivity contribution in [3.63, 3.8) is 0 Å². The van der Waals surface area contributed by atoms with Crippen LogP contribution in [0.25, 0.3) is 0 Å². The van der Waals surface area contributed by atoms with Crippen LogP contribution in [0.1, 0.15) is 12.5 Å². The van der Waals surface area contributed by atoms with Crippen molar-refractivity contribution in [3.8, 4) is 0 Å². The molecule has 0 aromatic carbocycles. The van der Waals surface area contributed by atoms with Gasteiger partial charge in [-0.25, -0.2) is 13.1 Å². The third-order valence-corrected chi connectivity index (χ3v) is 3.17. The lowest BCUT2D eigenvalue weighted by Crippen LogP contribution is -2.31. The molecular weight excluding hydrogens is 216 g/mol. The molecule has 0 radical (unpaired) electrons. The van der Waals surface area contributed by atoms with Crippen molar-refractivity contribution in [3.05, 3.63) is 18.0 Å². The lowest BCUT2D eigenvalue weighted by atomic mass is 10.4. The van der Waals surface area contributed by atoms with Gasteiger partial charge >= 0.3 is 0 Å². The summed E-state index contributed by atoms with van der Waals surface area (Å²) < 4.78 is 25.3. The van der Waals surface area contributed by atoms with Gasteiger partial charge in [-0.3, -0.25) is 5.10 Å². The Morgan fingerprint density at radius 3 is 2.93 bits per heavy atom. The molecule has 0 aliphatic carbocycles. The number of nitrogens with one attached hydrogen (secondary N) is 3. The Morgan fingerprint density at radius 1 is 1.53 bits per heavy atom. The number of aromatic amines is 1. The smallest absolute Gasteiger partial charge is 0.213 e. The third kappa shape index (κ3) is 4.91. The third-order valence-electron chi connectivity index (χ3n) is 1.85. The minimum atomic E-state index is -3.18. The highest BCUT2D eigenvalue weighted by Gasteiger charge is 2.08. The van der Waals surface area contributed by atoms with Crippen molar-refractivity contribution in [2.45, 2.75) is 13.5 Å². The fraction of sp³-hybridized carbons (Fsp3) is 0.625. The number of sulfonamides is 1. The summed E-state index contributed by atoms with van der Waals surface area (Å²) in [5, 5.41) is 9.31. The topological polar surface area (TPSA) is 86.9 Å². The monoisotopic (exact) mass is 232 g/mol. The van der Waals surface area contributed by atoms with E-state index in [9.17, 15) is 8.42 Å². The van der Waals surface area contributed by atoms with Gasteiger partial charge in [-0.1, -0.05) is 6.92 Å². The lowest BCUT2D eigenvalue weighted by Gasteiger charge is -2.05. The number of nitrogens with zero attached hydrogens (tertiary/aromatic N) is 1. The van der Waals surface area contributed by atoms with Gasteiger partial charge in [-0.15, -0.1) is 0 Å². The molecule has 0 aliphatic heterocycles. The number of rotatable bonds is 7. The minimum Gasteiger partial charge on any atom is -0.316 e. The molecule has 0 atom stereocenters. The Labute approximate surface area is 89.5 Å². The van der Waals surface area contributed by atoms with E-state index in [0.29, 0.717) is 6.54 Å². The number of H-pyrrole nitrogens is 1. The standard InChI is InChI=1S/C8H16N4O2S/c1-2-9-3-4-15(13,14)12-7-8-5-10-11-6-8/h5-6,9,12H,2-4,7H2,1H3,(H,10,11). The van der Waals surface area contributed by atoms with E-state index in [4.69, 9.17) is 0 Å². The first kappa shape index (κ1) is 12.2. The van der Waals surface area contributed by atoms with E-state index >= 15 is 0 Å². The molecule has 0 unspecified atom stereocenters. The number of aromatic nitrogens is 2. The van der Waals surface area contributed by atoms with Crippen molar-refractivity contribution in [1.82, 2.24) is 20.2 Å². The second-order valence-electron chi connectivity index (χ2n) is 3.10. The summed E-state index contributed by atoms with van der Waals surface area (Å²) in [7, 11) is -3.18. The van der Waals surface area contributed by atoms with Crippen LogP contribution in [0.2, 0.25) is 0 Å². The SMILES string of the molecule is CCNCCS(=O)(=O)NCc1cn[nH]c1. The zero-order chi connectivity index (χ0) is 11.1. The van der Waals surface area contributed by atoms with Gasteiger partial charge in [0.1, 0.15) is 0 Å². The number of hydrogen-bond acceptors (Lipinski definition) is 4.